The molecule has 1 aromatic carbocycles. The highest BCUT2D eigenvalue weighted by atomic mass is 16.7. The third-order valence-electron chi connectivity index (χ3n) is 3.60. The molecule has 2 aliphatic rings. The van der Waals surface area contributed by atoms with Gasteiger partial charge in [-0.15, -0.1) is 0 Å². The first-order valence-corrected chi connectivity index (χ1v) is 6.89. The van der Waals surface area contributed by atoms with E-state index in [1.165, 1.54) is 0 Å². The molecule has 0 bridgehead atoms. The molecule has 2 fully saturated rings. The van der Waals surface area contributed by atoms with E-state index in [4.69, 9.17) is 18.9 Å². The smallest absolute Gasteiger partial charge is 0.338 e. The van der Waals surface area contributed by atoms with Crippen LogP contribution in [0.1, 0.15) is 23.7 Å². The zero-order chi connectivity index (χ0) is 13.9. The first kappa shape index (κ1) is 13.5. The Kier molecular flexibility index (Phi) is 4.00. The van der Waals surface area contributed by atoms with Crippen molar-refractivity contribution in [2.75, 3.05) is 13.2 Å². The van der Waals surface area contributed by atoms with Crippen molar-refractivity contribution < 1.29 is 23.7 Å². The van der Waals surface area contributed by atoms with E-state index in [1.807, 2.05) is 25.1 Å². The summed E-state index contributed by atoms with van der Waals surface area (Å²) in [4.78, 5) is 12.0. The molecule has 3 rings (SSSR count). The molecule has 0 aromatic heterocycles. The van der Waals surface area contributed by atoms with Crippen LogP contribution >= 0.6 is 0 Å². The number of rotatable bonds is 3. The van der Waals surface area contributed by atoms with E-state index < -0.39 is 0 Å². The fraction of sp³-hybridized carbons (Fsp3) is 0.533. The summed E-state index contributed by atoms with van der Waals surface area (Å²) >= 11 is 0. The van der Waals surface area contributed by atoms with E-state index in [0.29, 0.717) is 25.2 Å². The van der Waals surface area contributed by atoms with Crippen LogP contribution in [0, 0.1) is 0 Å². The standard InChI is InChI=1S/C15H18O5/c1-10-12(9-13(19-10)15-17-7-8-18-15)20-14(16)11-5-3-2-4-6-11/h2-6,10,12-13,15H,7-9H2,1H3/t10-,12-,13+/m0/s1. The van der Waals surface area contributed by atoms with E-state index in [9.17, 15) is 4.79 Å². The Morgan fingerprint density at radius 2 is 1.90 bits per heavy atom. The third-order valence-corrected chi connectivity index (χ3v) is 3.60. The Morgan fingerprint density at radius 3 is 2.60 bits per heavy atom. The lowest BCUT2D eigenvalue weighted by molar-refractivity contribution is -0.136. The number of benzene rings is 1. The van der Waals surface area contributed by atoms with Crippen LogP contribution in [0.3, 0.4) is 0 Å². The topological polar surface area (TPSA) is 54.0 Å². The lowest BCUT2D eigenvalue weighted by atomic mass is 10.1. The fourth-order valence-corrected chi connectivity index (χ4v) is 2.53. The zero-order valence-electron chi connectivity index (χ0n) is 11.4. The summed E-state index contributed by atoms with van der Waals surface area (Å²) in [6.45, 7) is 3.08. The predicted molar refractivity (Wildman–Crippen MR) is 70.3 cm³/mol. The normalized spacial score (nSPS) is 30.6. The van der Waals surface area contributed by atoms with Crippen LogP contribution in [0.4, 0.5) is 0 Å². The van der Waals surface area contributed by atoms with Crippen molar-refractivity contribution in [1.29, 1.82) is 0 Å². The Labute approximate surface area is 117 Å². The quantitative estimate of drug-likeness (QED) is 0.789. The predicted octanol–water partition coefficient (Wildman–Crippen LogP) is 1.76. The SMILES string of the molecule is C[C@@H]1O[C@@H](C2OCCO2)C[C@@H]1OC(=O)c1ccccc1. The van der Waals surface area contributed by atoms with Crippen LogP contribution in [-0.2, 0) is 18.9 Å². The minimum atomic E-state index is -0.335. The van der Waals surface area contributed by atoms with Gasteiger partial charge in [0.25, 0.3) is 0 Å². The van der Waals surface area contributed by atoms with Crippen LogP contribution in [0.5, 0.6) is 0 Å². The monoisotopic (exact) mass is 278 g/mol. The van der Waals surface area contributed by atoms with Crippen molar-refractivity contribution >= 4 is 5.97 Å². The first-order chi connectivity index (χ1) is 9.74. The van der Waals surface area contributed by atoms with Crippen molar-refractivity contribution in [1.82, 2.24) is 0 Å². The summed E-state index contributed by atoms with van der Waals surface area (Å²) in [5.41, 5.74) is 0.552. The average Bonchev–Trinajstić information content (AvgIpc) is 3.10. The zero-order valence-corrected chi connectivity index (χ0v) is 11.4. The van der Waals surface area contributed by atoms with Crippen LogP contribution in [0.25, 0.3) is 0 Å². The van der Waals surface area contributed by atoms with Gasteiger partial charge in [0, 0.05) is 6.42 Å². The van der Waals surface area contributed by atoms with Crippen molar-refractivity contribution in [3.63, 3.8) is 0 Å². The summed E-state index contributed by atoms with van der Waals surface area (Å²) < 4.78 is 22.2. The second-order valence-corrected chi connectivity index (χ2v) is 5.04. The van der Waals surface area contributed by atoms with E-state index in [-0.39, 0.29) is 30.6 Å². The molecule has 0 aliphatic carbocycles. The van der Waals surface area contributed by atoms with E-state index in [1.54, 1.807) is 12.1 Å². The van der Waals surface area contributed by atoms with Crippen molar-refractivity contribution in [2.24, 2.45) is 0 Å². The molecular formula is C15H18O5. The Bertz CT molecular complexity index is 455. The van der Waals surface area contributed by atoms with E-state index in [2.05, 4.69) is 0 Å². The second kappa shape index (κ2) is 5.91. The van der Waals surface area contributed by atoms with Gasteiger partial charge in [-0.05, 0) is 19.1 Å². The summed E-state index contributed by atoms with van der Waals surface area (Å²) in [5.74, 6) is -0.319. The van der Waals surface area contributed by atoms with Gasteiger partial charge in [0.15, 0.2) is 6.29 Å². The molecule has 5 nitrogen and oxygen atoms in total. The maximum absolute atomic E-state index is 12.0. The summed E-state index contributed by atoms with van der Waals surface area (Å²) in [6.07, 6.45) is -0.315. The third kappa shape index (κ3) is 2.85. The summed E-state index contributed by atoms with van der Waals surface area (Å²) in [5, 5.41) is 0. The molecule has 0 amide bonds. The molecule has 20 heavy (non-hydrogen) atoms. The van der Waals surface area contributed by atoms with Crippen molar-refractivity contribution in [3.05, 3.63) is 35.9 Å². The molecular weight excluding hydrogens is 260 g/mol. The fourth-order valence-electron chi connectivity index (χ4n) is 2.53. The highest BCUT2D eigenvalue weighted by Crippen LogP contribution is 2.28. The molecule has 1 aromatic rings. The van der Waals surface area contributed by atoms with Crippen molar-refractivity contribution in [2.45, 2.75) is 37.9 Å². The average molecular weight is 278 g/mol. The molecule has 0 radical (unpaired) electrons. The van der Waals surface area contributed by atoms with Gasteiger partial charge in [0.2, 0.25) is 0 Å². The number of carbonyl (C=O) groups excluding carboxylic acids is 1. The van der Waals surface area contributed by atoms with Crippen LogP contribution in [-0.4, -0.2) is 43.8 Å². The maximum Gasteiger partial charge on any atom is 0.338 e. The Balaban J connectivity index is 1.59. The van der Waals surface area contributed by atoms with E-state index in [0.717, 1.165) is 0 Å². The van der Waals surface area contributed by atoms with Gasteiger partial charge >= 0.3 is 5.97 Å². The number of ether oxygens (including phenoxy) is 4. The lowest BCUT2D eigenvalue weighted by Crippen LogP contribution is -2.27. The van der Waals surface area contributed by atoms with Gasteiger partial charge in [-0.25, -0.2) is 4.79 Å². The summed E-state index contributed by atoms with van der Waals surface area (Å²) in [7, 11) is 0. The van der Waals surface area contributed by atoms with Crippen LogP contribution in [0.15, 0.2) is 30.3 Å². The molecule has 0 unspecified atom stereocenters. The minimum absolute atomic E-state index is 0.152. The second-order valence-electron chi connectivity index (χ2n) is 5.04. The molecule has 5 heteroatoms. The number of hydrogen-bond acceptors (Lipinski definition) is 5. The molecule has 0 saturated carbocycles. The Morgan fingerprint density at radius 1 is 1.20 bits per heavy atom. The van der Waals surface area contributed by atoms with Gasteiger partial charge in [0.05, 0.1) is 24.9 Å². The van der Waals surface area contributed by atoms with Gasteiger partial charge < -0.3 is 18.9 Å². The first-order valence-electron chi connectivity index (χ1n) is 6.89. The molecule has 108 valence electrons. The van der Waals surface area contributed by atoms with Gasteiger partial charge in [-0.1, -0.05) is 18.2 Å². The van der Waals surface area contributed by atoms with Crippen LogP contribution < -0.4 is 0 Å². The number of esters is 1. The highest BCUT2D eigenvalue weighted by Gasteiger charge is 2.41. The van der Waals surface area contributed by atoms with Crippen LogP contribution in [0.2, 0.25) is 0 Å². The minimum Gasteiger partial charge on any atom is -0.456 e. The molecule has 0 N–H and O–H groups in total. The molecule has 2 aliphatic heterocycles. The maximum atomic E-state index is 12.0. The van der Waals surface area contributed by atoms with Gasteiger partial charge in [0.1, 0.15) is 12.2 Å². The highest BCUT2D eigenvalue weighted by molar-refractivity contribution is 5.89. The van der Waals surface area contributed by atoms with E-state index >= 15 is 0 Å². The number of hydrogen-bond donors (Lipinski definition) is 0. The van der Waals surface area contributed by atoms with Gasteiger partial charge in [-0.2, -0.15) is 0 Å². The lowest BCUT2D eigenvalue weighted by Gasteiger charge is -2.16. The van der Waals surface area contributed by atoms with Crippen molar-refractivity contribution in [3.8, 4) is 0 Å². The largest absolute Gasteiger partial charge is 0.456 e. The molecule has 2 saturated heterocycles. The molecule has 3 atom stereocenters. The van der Waals surface area contributed by atoms with Gasteiger partial charge in [-0.3, -0.25) is 0 Å². The Hall–Kier alpha value is -1.43. The number of carbonyl (C=O) groups is 1. The molecule has 2 heterocycles. The summed E-state index contributed by atoms with van der Waals surface area (Å²) in [6, 6.07) is 8.97. The molecule has 0 spiro atoms.